The van der Waals surface area contributed by atoms with Gasteiger partial charge in [-0.25, -0.2) is 4.79 Å². The molecule has 3 aromatic carbocycles. The van der Waals surface area contributed by atoms with Crippen LogP contribution in [0.2, 0.25) is 0 Å². The summed E-state index contributed by atoms with van der Waals surface area (Å²) in [6.07, 6.45) is 0. The Bertz CT molecular complexity index is 989. The average Bonchev–Trinajstić information content (AvgIpc) is 2.72. The maximum absolute atomic E-state index is 11.7. The fourth-order valence-electron chi connectivity index (χ4n) is 3.64. The van der Waals surface area contributed by atoms with E-state index >= 15 is 0 Å². The first-order valence-corrected chi connectivity index (χ1v) is 9.52. The van der Waals surface area contributed by atoms with Crippen molar-refractivity contribution in [3.05, 3.63) is 71.8 Å². The van der Waals surface area contributed by atoms with Gasteiger partial charge in [-0.1, -0.05) is 42.5 Å². The molecule has 1 heterocycles. The fraction of sp³-hybridized carbons (Fsp3) is 0.261. The third-order valence-electron chi connectivity index (χ3n) is 5.33. The molecule has 0 atom stereocenters. The van der Waals surface area contributed by atoms with Gasteiger partial charge in [0.1, 0.15) is 17.9 Å². The Labute approximate surface area is 164 Å². The van der Waals surface area contributed by atoms with Crippen LogP contribution in [0, 0.1) is 0 Å². The van der Waals surface area contributed by atoms with E-state index < -0.39 is 5.97 Å². The molecule has 5 nitrogen and oxygen atoms in total. The number of anilines is 1. The van der Waals surface area contributed by atoms with E-state index in [0.29, 0.717) is 12.4 Å². The van der Waals surface area contributed by atoms with Gasteiger partial charge in [-0.3, -0.25) is 0 Å². The van der Waals surface area contributed by atoms with E-state index in [4.69, 9.17) is 4.74 Å². The van der Waals surface area contributed by atoms with Gasteiger partial charge in [0.2, 0.25) is 0 Å². The summed E-state index contributed by atoms with van der Waals surface area (Å²) in [4.78, 5) is 16.2. The summed E-state index contributed by atoms with van der Waals surface area (Å²) in [5.41, 5.74) is 2.24. The van der Waals surface area contributed by atoms with E-state index in [1.54, 1.807) is 6.07 Å². The lowest BCUT2D eigenvalue weighted by Gasteiger charge is -2.34. The number of fused-ring (bicyclic) bond motifs is 1. The van der Waals surface area contributed by atoms with Crippen LogP contribution in [0.4, 0.5) is 5.69 Å². The van der Waals surface area contributed by atoms with Crippen LogP contribution in [0.1, 0.15) is 15.9 Å². The number of carboxylic acids is 1. The lowest BCUT2D eigenvalue weighted by molar-refractivity contribution is 0.0692. The Morgan fingerprint density at radius 1 is 1.00 bits per heavy atom. The molecule has 0 saturated carbocycles. The fourth-order valence-corrected chi connectivity index (χ4v) is 3.64. The highest BCUT2D eigenvalue weighted by Crippen LogP contribution is 2.28. The molecule has 5 heteroatoms. The molecule has 0 spiro atoms. The van der Waals surface area contributed by atoms with Crippen LogP contribution >= 0.6 is 0 Å². The predicted molar refractivity (Wildman–Crippen MR) is 111 cm³/mol. The van der Waals surface area contributed by atoms with Gasteiger partial charge in [-0.05, 0) is 35.5 Å². The van der Waals surface area contributed by atoms with Crippen molar-refractivity contribution in [3.8, 4) is 5.75 Å². The largest absolute Gasteiger partial charge is 0.488 e. The summed E-state index contributed by atoms with van der Waals surface area (Å²) in [6.45, 7) is 4.16. The molecule has 0 aliphatic carbocycles. The van der Waals surface area contributed by atoms with Crippen LogP contribution in [0.25, 0.3) is 10.8 Å². The average molecular weight is 376 g/mol. The molecule has 4 rings (SSSR count). The van der Waals surface area contributed by atoms with E-state index in [1.807, 2.05) is 36.4 Å². The summed E-state index contributed by atoms with van der Waals surface area (Å²) in [6, 6.07) is 19.6. The highest BCUT2D eigenvalue weighted by atomic mass is 16.5. The maximum atomic E-state index is 11.7. The van der Waals surface area contributed by atoms with Gasteiger partial charge < -0.3 is 19.6 Å². The number of ether oxygens (including phenoxy) is 1. The quantitative estimate of drug-likeness (QED) is 0.733. The van der Waals surface area contributed by atoms with Crippen LogP contribution in [-0.2, 0) is 6.61 Å². The molecular weight excluding hydrogens is 352 g/mol. The van der Waals surface area contributed by atoms with Crippen molar-refractivity contribution in [2.24, 2.45) is 0 Å². The SMILES string of the molecule is CN1CCN(c2ccc(C(=O)O)c(OCc3cccc4ccccc34)c2)CC1. The molecule has 1 saturated heterocycles. The summed E-state index contributed by atoms with van der Waals surface area (Å²) < 4.78 is 6.03. The molecule has 0 amide bonds. The zero-order valence-electron chi connectivity index (χ0n) is 16.0. The summed E-state index contributed by atoms with van der Waals surface area (Å²) >= 11 is 0. The first kappa shape index (κ1) is 18.3. The van der Waals surface area contributed by atoms with E-state index in [0.717, 1.165) is 48.2 Å². The zero-order valence-corrected chi connectivity index (χ0v) is 16.0. The highest BCUT2D eigenvalue weighted by molar-refractivity contribution is 5.91. The number of piperazine rings is 1. The summed E-state index contributed by atoms with van der Waals surface area (Å²) in [5, 5.41) is 11.8. The lowest BCUT2D eigenvalue weighted by atomic mass is 10.1. The number of hydrogen-bond donors (Lipinski definition) is 1. The van der Waals surface area contributed by atoms with Gasteiger partial charge in [0, 0.05) is 37.9 Å². The van der Waals surface area contributed by atoms with Gasteiger partial charge in [-0.2, -0.15) is 0 Å². The summed E-state index contributed by atoms with van der Waals surface area (Å²) in [7, 11) is 2.11. The third-order valence-corrected chi connectivity index (χ3v) is 5.33. The Kier molecular flexibility index (Phi) is 5.17. The number of carboxylic acid groups (broad SMARTS) is 1. The third kappa shape index (κ3) is 3.80. The molecule has 28 heavy (non-hydrogen) atoms. The Morgan fingerprint density at radius 2 is 1.75 bits per heavy atom. The second-order valence-electron chi connectivity index (χ2n) is 7.20. The molecule has 0 unspecified atom stereocenters. The molecule has 0 bridgehead atoms. The first-order valence-electron chi connectivity index (χ1n) is 9.52. The van der Waals surface area contributed by atoms with Crippen LogP contribution in [-0.4, -0.2) is 49.2 Å². The number of hydrogen-bond acceptors (Lipinski definition) is 4. The van der Waals surface area contributed by atoms with Crippen molar-refractivity contribution in [2.75, 3.05) is 38.1 Å². The second-order valence-corrected chi connectivity index (χ2v) is 7.20. The smallest absolute Gasteiger partial charge is 0.339 e. The minimum Gasteiger partial charge on any atom is -0.488 e. The van der Waals surface area contributed by atoms with E-state index in [9.17, 15) is 9.90 Å². The molecule has 1 aliphatic heterocycles. The van der Waals surface area contributed by atoms with Crippen molar-refractivity contribution in [1.82, 2.24) is 4.90 Å². The van der Waals surface area contributed by atoms with E-state index in [-0.39, 0.29) is 5.56 Å². The maximum Gasteiger partial charge on any atom is 0.339 e. The molecule has 3 aromatic rings. The Hall–Kier alpha value is -3.05. The predicted octanol–water partition coefficient (Wildman–Crippen LogP) is 3.87. The van der Waals surface area contributed by atoms with Crippen molar-refractivity contribution < 1.29 is 14.6 Å². The number of carbonyl (C=O) groups is 1. The molecule has 1 N–H and O–H groups in total. The molecule has 1 fully saturated rings. The molecule has 0 radical (unpaired) electrons. The Morgan fingerprint density at radius 3 is 2.54 bits per heavy atom. The van der Waals surface area contributed by atoms with Gasteiger partial charge in [-0.15, -0.1) is 0 Å². The van der Waals surface area contributed by atoms with Gasteiger partial charge in [0.05, 0.1) is 0 Å². The first-order chi connectivity index (χ1) is 13.6. The number of rotatable bonds is 5. The molecule has 144 valence electrons. The molecule has 1 aliphatic rings. The zero-order chi connectivity index (χ0) is 19.5. The minimum atomic E-state index is -0.974. The van der Waals surface area contributed by atoms with Crippen LogP contribution in [0.5, 0.6) is 5.75 Å². The van der Waals surface area contributed by atoms with Crippen LogP contribution in [0.15, 0.2) is 60.7 Å². The number of nitrogens with zero attached hydrogens (tertiary/aromatic N) is 2. The molecular formula is C23H24N2O3. The normalized spacial score (nSPS) is 15.0. The minimum absolute atomic E-state index is 0.193. The van der Waals surface area contributed by atoms with E-state index in [2.05, 4.69) is 35.0 Å². The van der Waals surface area contributed by atoms with Gasteiger partial charge >= 0.3 is 5.97 Å². The number of benzene rings is 3. The monoisotopic (exact) mass is 376 g/mol. The van der Waals surface area contributed by atoms with Crippen molar-refractivity contribution in [2.45, 2.75) is 6.61 Å². The standard InChI is InChI=1S/C23H24N2O3/c1-24-11-13-25(14-12-24)19-9-10-21(23(26)27)22(15-19)28-16-18-7-4-6-17-5-2-3-8-20(17)18/h2-10,15H,11-14,16H2,1H3,(H,26,27). The summed E-state index contributed by atoms with van der Waals surface area (Å²) in [5.74, 6) is -0.560. The van der Waals surface area contributed by atoms with Crippen LogP contribution in [0.3, 0.4) is 0 Å². The van der Waals surface area contributed by atoms with Crippen molar-refractivity contribution in [1.29, 1.82) is 0 Å². The highest BCUT2D eigenvalue weighted by Gasteiger charge is 2.18. The van der Waals surface area contributed by atoms with Gasteiger partial charge in [0.15, 0.2) is 0 Å². The Balaban J connectivity index is 1.60. The van der Waals surface area contributed by atoms with Crippen molar-refractivity contribution >= 4 is 22.4 Å². The second kappa shape index (κ2) is 7.90. The number of likely N-dealkylation sites (N-methyl/N-ethyl adjacent to an activating group) is 1. The molecule has 0 aromatic heterocycles. The van der Waals surface area contributed by atoms with Gasteiger partial charge in [0.25, 0.3) is 0 Å². The van der Waals surface area contributed by atoms with Crippen LogP contribution < -0.4 is 9.64 Å². The lowest BCUT2D eigenvalue weighted by Crippen LogP contribution is -2.44. The van der Waals surface area contributed by atoms with E-state index in [1.165, 1.54) is 0 Å². The topological polar surface area (TPSA) is 53.0 Å². The number of aromatic carboxylic acids is 1. The van der Waals surface area contributed by atoms with Crippen molar-refractivity contribution in [3.63, 3.8) is 0 Å².